The topological polar surface area (TPSA) is 107 Å². The summed E-state index contributed by atoms with van der Waals surface area (Å²) in [5.41, 5.74) is 5.00. The van der Waals surface area contributed by atoms with E-state index in [0.717, 1.165) is 0 Å². The highest BCUT2D eigenvalue weighted by molar-refractivity contribution is 5.69. The van der Waals surface area contributed by atoms with Crippen LogP contribution in [0.4, 0.5) is 9.59 Å². The molecule has 0 spiro atoms. The molecule has 3 atom stereocenters. The summed E-state index contributed by atoms with van der Waals surface area (Å²) in [6, 6.07) is -1.47. The van der Waals surface area contributed by atoms with E-state index in [1.54, 1.807) is 0 Å². The molecule has 1 fully saturated rings. The lowest BCUT2D eigenvalue weighted by molar-refractivity contribution is -0.0684. The molecule has 7 heteroatoms. The Balaban J connectivity index is 3.46. The molecule has 3 unspecified atom stereocenters. The Morgan fingerprint density at radius 2 is 1.55 bits per heavy atom. The number of carbonyl (C=O) groups is 2. The Morgan fingerprint density at radius 3 is 1.82 bits per heavy atom. The van der Waals surface area contributed by atoms with E-state index in [0.29, 0.717) is 0 Å². The van der Waals surface area contributed by atoms with Crippen molar-refractivity contribution < 1.29 is 19.8 Å². The van der Waals surface area contributed by atoms with Gasteiger partial charge in [-0.05, 0) is 10.8 Å². The molecule has 1 aliphatic heterocycles. The van der Waals surface area contributed by atoms with Crippen molar-refractivity contribution in [2.24, 2.45) is 16.6 Å². The summed E-state index contributed by atoms with van der Waals surface area (Å²) in [6.07, 6.45) is -2.08. The van der Waals surface area contributed by atoms with Crippen molar-refractivity contribution >= 4 is 12.2 Å². The van der Waals surface area contributed by atoms with Crippen molar-refractivity contribution in [3.05, 3.63) is 0 Å². The van der Waals surface area contributed by atoms with Gasteiger partial charge >= 0.3 is 12.2 Å². The van der Waals surface area contributed by atoms with E-state index in [2.05, 4.69) is 0 Å². The summed E-state index contributed by atoms with van der Waals surface area (Å²) < 4.78 is 0. The molecule has 0 aliphatic carbocycles. The molecule has 0 aromatic carbocycles. The van der Waals surface area contributed by atoms with Gasteiger partial charge in [0.2, 0.25) is 0 Å². The van der Waals surface area contributed by atoms with Gasteiger partial charge in [0.15, 0.2) is 0 Å². The molecule has 0 aromatic heterocycles. The average Bonchev–Trinajstić information content (AvgIpc) is 2.33. The van der Waals surface area contributed by atoms with Gasteiger partial charge in [-0.25, -0.2) is 9.59 Å². The highest BCUT2D eigenvalue weighted by Crippen LogP contribution is 2.39. The maximum atomic E-state index is 11.9. The fraction of sp³-hybridized carbons (Fsp3) is 0.867. The van der Waals surface area contributed by atoms with Crippen LogP contribution in [-0.2, 0) is 0 Å². The maximum absolute atomic E-state index is 11.9. The molecular weight excluding hydrogens is 286 g/mol. The van der Waals surface area contributed by atoms with Crippen LogP contribution in [0, 0.1) is 10.8 Å². The van der Waals surface area contributed by atoms with Crippen molar-refractivity contribution in [1.82, 2.24) is 9.80 Å². The summed E-state index contributed by atoms with van der Waals surface area (Å²) >= 11 is 0. The molecule has 1 saturated heterocycles. The smallest absolute Gasteiger partial charge is 0.407 e. The van der Waals surface area contributed by atoms with Crippen LogP contribution >= 0.6 is 0 Å². The second kappa shape index (κ2) is 5.95. The van der Waals surface area contributed by atoms with Crippen LogP contribution in [0.2, 0.25) is 0 Å². The minimum absolute atomic E-state index is 0.0921. The summed E-state index contributed by atoms with van der Waals surface area (Å²) in [7, 11) is 0. The van der Waals surface area contributed by atoms with Gasteiger partial charge in [-0.3, -0.25) is 9.80 Å². The lowest BCUT2D eigenvalue weighted by atomic mass is 9.74. The van der Waals surface area contributed by atoms with Gasteiger partial charge < -0.3 is 15.9 Å². The summed E-state index contributed by atoms with van der Waals surface area (Å²) in [4.78, 5) is 26.3. The zero-order valence-corrected chi connectivity index (χ0v) is 14.3. The zero-order valence-electron chi connectivity index (χ0n) is 14.3. The quantitative estimate of drug-likeness (QED) is 0.687. The van der Waals surface area contributed by atoms with Crippen LogP contribution in [0.3, 0.4) is 0 Å². The molecule has 1 rings (SSSR count). The molecule has 1 aliphatic rings. The predicted molar refractivity (Wildman–Crippen MR) is 83.9 cm³/mol. The summed E-state index contributed by atoms with van der Waals surface area (Å²) in [6.45, 7) is 11.8. The molecule has 128 valence electrons. The van der Waals surface area contributed by atoms with Gasteiger partial charge in [0, 0.05) is 13.1 Å². The van der Waals surface area contributed by atoms with Crippen LogP contribution in [-0.4, -0.2) is 63.4 Å². The number of hydrogen-bond acceptors (Lipinski definition) is 3. The minimum atomic E-state index is -1.05. The number of rotatable bonds is 1. The van der Waals surface area contributed by atoms with Crippen LogP contribution in [0.15, 0.2) is 0 Å². The van der Waals surface area contributed by atoms with Gasteiger partial charge in [0.1, 0.15) is 0 Å². The van der Waals surface area contributed by atoms with Crippen LogP contribution < -0.4 is 5.73 Å². The van der Waals surface area contributed by atoms with Gasteiger partial charge in [0.25, 0.3) is 0 Å². The van der Waals surface area contributed by atoms with Gasteiger partial charge in [-0.2, -0.15) is 0 Å². The first-order valence-corrected chi connectivity index (χ1v) is 7.53. The third kappa shape index (κ3) is 3.45. The monoisotopic (exact) mass is 315 g/mol. The Kier molecular flexibility index (Phi) is 5.01. The fourth-order valence-electron chi connectivity index (χ4n) is 3.37. The third-order valence-electron chi connectivity index (χ3n) is 4.36. The molecule has 4 N–H and O–H groups in total. The first kappa shape index (κ1) is 18.5. The largest absolute Gasteiger partial charge is 0.465 e. The number of hydrogen-bond donors (Lipinski definition) is 3. The Hall–Kier alpha value is -1.50. The van der Waals surface area contributed by atoms with Crippen molar-refractivity contribution in [2.45, 2.75) is 59.7 Å². The molecular formula is C15H29N3O4. The van der Waals surface area contributed by atoms with Gasteiger partial charge in [0.05, 0.1) is 18.1 Å². The Bertz CT molecular complexity index is 439. The van der Waals surface area contributed by atoms with Gasteiger partial charge in [-0.15, -0.1) is 0 Å². The zero-order chi connectivity index (χ0) is 17.5. The maximum Gasteiger partial charge on any atom is 0.407 e. The molecule has 22 heavy (non-hydrogen) atoms. The first-order chi connectivity index (χ1) is 9.82. The molecule has 0 bridgehead atoms. The van der Waals surface area contributed by atoms with E-state index in [9.17, 15) is 19.8 Å². The molecule has 7 nitrogen and oxygen atoms in total. The van der Waals surface area contributed by atoms with E-state index < -0.39 is 35.7 Å². The van der Waals surface area contributed by atoms with E-state index in [-0.39, 0.29) is 18.5 Å². The van der Waals surface area contributed by atoms with E-state index in [4.69, 9.17) is 5.73 Å². The van der Waals surface area contributed by atoms with E-state index in [1.165, 1.54) is 9.80 Å². The second-order valence-electron chi connectivity index (χ2n) is 8.12. The lowest BCUT2D eigenvalue weighted by Crippen LogP contribution is -2.73. The SMILES string of the molecule is CC(C)(C)C1CN(C(=O)O)C(CN)C(C(C)(C)C)N1C(=O)O. The molecule has 0 aromatic rings. The molecule has 0 saturated carbocycles. The average molecular weight is 315 g/mol. The first-order valence-electron chi connectivity index (χ1n) is 7.53. The number of amides is 2. The van der Waals surface area contributed by atoms with E-state index >= 15 is 0 Å². The highest BCUT2D eigenvalue weighted by atomic mass is 16.4. The Labute approximate surface area is 132 Å². The Morgan fingerprint density at radius 1 is 1.05 bits per heavy atom. The normalized spacial score (nSPS) is 27.0. The number of carboxylic acid groups (broad SMARTS) is 2. The molecule has 2 amide bonds. The summed E-state index contributed by atoms with van der Waals surface area (Å²) in [5, 5.41) is 19.3. The minimum Gasteiger partial charge on any atom is -0.465 e. The number of piperazine rings is 1. The third-order valence-corrected chi connectivity index (χ3v) is 4.36. The fourth-order valence-corrected chi connectivity index (χ4v) is 3.37. The van der Waals surface area contributed by atoms with Crippen molar-refractivity contribution in [2.75, 3.05) is 13.1 Å². The van der Waals surface area contributed by atoms with Crippen molar-refractivity contribution in [3.63, 3.8) is 0 Å². The number of nitrogens with zero attached hydrogens (tertiary/aromatic N) is 2. The summed E-state index contributed by atoms with van der Waals surface area (Å²) in [5.74, 6) is 0. The van der Waals surface area contributed by atoms with Gasteiger partial charge in [-0.1, -0.05) is 41.5 Å². The molecule has 1 heterocycles. The standard InChI is InChI=1S/C15H29N3O4/c1-14(2,3)10-8-17(12(19)20)9(7-16)11(15(4,5)6)18(10)13(21)22/h9-11H,7-8,16H2,1-6H3,(H,19,20)(H,21,22). The lowest BCUT2D eigenvalue weighted by Gasteiger charge is -2.56. The predicted octanol–water partition coefficient (Wildman–Crippen LogP) is 2.12. The van der Waals surface area contributed by atoms with Crippen molar-refractivity contribution in [3.8, 4) is 0 Å². The van der Waals surface area contributed by atoms with Crippen LogP contribution in [0.5, 0.6) is 0 Å². The highest BCUT2D eigenvalue weighted by Gasteiger charge is 2.52. The van der Waals surface area contributed by atoms with Crippen LogP contribution in [0.25, 0.3) is 0 Å². The molecule has 0 radical (unpaired) electrons. The second-order valence-corrected chi connectivity index (χ2v) is 8.12. The van der Waals surface area contributed by atoms with Crippen LogP contribution in [0.1, 0.15) is 41.5 Å². The van der Waals surface area contributed by atoms with Crippen molar-refractivity contribution in [1.29, 1.82) is 0 Å². The number of nitrogens with two attached hydrogens (primary N) is 1. The van der Waals surface area contributed by atoms with E-state index in [1.807, 2.05) is 41.5 Å².